The van der Waals surface area contributed by atoms with Crippen molar-refractivity contribution < 1.29 is 9.59 Å². The van der Waals surface area contributed by atoms with Crippen molar-refractivity contribution in [3.8, 4) is 0 Å². The molecule has 0 bridgehead atoms. The minimum atomic E-state index is -0.239. The molecule has 5 heteroatoms. The summed E-state index contributed by atoms with van der Waals surface area (Å²) in [5.74, 6) is 1.20. The van der Waals surface area contributed by atoms with Gasteiger partial charge in [-0.15, -0.1) is 0 Å². The third kappa shape index (κ3) is 4.79. The predicted molar refractivity (Wildman–Crippen MR) is 104 cm³/mol. The van der Waals surface area contributed by atoms with Crippen LogP contribution in [0.25, 0.3) is 0 Å². The van der Waals surface area contributed by atoms with Crippen LogP contribution >= 0.6 is 0 Å². The van der Waals surface area contributed by atoms with E-state index in [0.29, 0.717) is 12.6 Å². The third-order valence-electron chi connectivity index (χ3n) is 6.68. The van der Waals surface area contributed by atoms with Crippen LogP contribution in [-0.4, -0.2) is 59.9 Å². The number of nitrogens with zero attached hydrogens (tertiary/aromatic N) is 2. The normalized spacial score (nSPS) is 29.5. The summed E-state index contributed by atoms with van der Waals surface area (Å²) in [6, 6.07) is 0.127. The molecule has 5 nitrogen and oxygen atoms in total. The Morgan fingerprint density at radius 1 is 1.00 bits per heavy atom. The minimum Gasteiger partial charge on any atom is -0.353 e. The van der Waals surface area contributed by atoms with Gasteiger partial charge >= 0.3 is 0 Å². The van der Waals surface area contributed by atoms with Crippen LogP contribution in [0.1, 0.15) is 71.6 Å². The summed E-state index contributed by atoms with van der Waals surface area (Å²) in [6.45, 7) is 8.23. The fourth-order valence-electron chi connectivity index (χ4n) is 5.01. The van der Waals surface area contributed by atoms with Gasteiger partial charge in [-0.3, -0.25) is 14.5 Å². The van der Waals surface area contributed by atoms with E-state index in [1.54, 1.807) is 0 Å². The van der Waals surface area contributed by atoms with Crippen molar-refractivity contribution in [2.45, 2.75) is 83.7 Å². The Kier molecular flexibility index (Phi) is 6.96. The van der Waals surface area contributed by atoms with Gasteiger partial charge in [0.2, 0.25) is 11.8 Å². The summed E-state index contributed by atoms with van der Waals surface area (Å²) in [6.07, 6.45) is 9.93. The third-order valence-corrected chi connectivity index (χ3v) is 6.68. The van der Waals surface area contributed by atoms with Gasteiger partial charge in [-0.1, -0.05) is 26.2 Å². The van der Waals surface area contributed by atoms with Gasteiger partial charge in [-0.25, -0.2) is 0 Å². The topological polar surface area (TPSA) is 52.7 Å². The molecule has 148 valence electrons. The van der Waals surface area contributed by atoms with Crippen LogP contribution in [-0.2, 0) is 9.59 Å². The number of carbonyl (C=O) groups excluding carboxylic acids is 2. The highest BCUT2D eigenvalue weighted by Gasteiger charge is 2.37. The second kappa shape index (κ2) is 9.20. The molecule has 1 N–H and O–H groups in total. The fourth-order valence-corrected chi connectivity index (χ4v) is 5.01. The largest absolute Gasteiger partial charge is 0.353 e. The number of nitrogens with one attached hydrogen (secondary N) is 1. The van der Waals surface area contributed by atoms with Gasteiger partial charge in [0.1, 0.15) is 6.04 Å². The fraction of sp³-hybridized carbons (Fsp3) is 0.905. The Labute approximate surface area is 158 Å². The van der Waals surface area contributed by atoms with Crippen molar-refractivity contribution in [3.63, 3.8) is 0 Å². The van der Waals surface area contributed by atoms with Crippen LogP contribution in [0.5, 0.6) is 0 Å². The number of likely N-dealkylation sites (tertiary alicyclic amines) is 2. The van der Waals surface area contributed by atoms with Crippen LogP contribution < -0.4 is 5.32 Å². The SMILES string of the molecule is CC1CCCN(C(C)CNC(=O)C2CCCN2C(=O)C2CCCCC2)C1. The van der Waals surface area contributed by atoms with Gasteiger partial charge in [-0.2, -0.15) is 0 Å². The van der Waals surface area contributed by atoms with E-state index in [2.05, 4.69) is 24.1 Å². The molecule has 2 saturated heterocycles. The molecule has 2 heterocycles. The maximum absolute atomic E-state index is 12.9. The first-order valence-electron chi connectivity index (χ1n) is 10.9. The van der Waals surface area contributed by atoms with E-state index in [1.807, 2.05) is 4.90 Å². The Balaban J connectivity index is 1.49. The lowest BCUT2D eigenvalue weighted by molar-refractivity contribution is -0.142. The van der Waals surface area contributed by atoms with Crippen LogP contribution in [0.4, 0.5) is 0 Å². The molecule has 2 amide bonds. The van der Waals surface area contributed by atoms with Gasteiger partial charge < -0.3 is 10.2 Å². The Bertz CT molecular complexity index is 490. The smallest absolute Gasteiger partial charge is 0.242 e. The first-order chi connectivity index (χ1) is 12.6. The molecule has 0 aromatic rings. The van der Waals surface area contributed by atoms with Crippen molar-refractivity contribution in [2.75, 3.05) is 26.2 Å². The summed E-state index contributed by atoms with van der Waals surface area (Å²) in [5.41, 5.74) is 0. The van der Waals surface area contributed by atoms with Gasteiger partial charge in [0, 0.05) is 31.6 Å². The molecule has 3 atom stereocenters. The molecule has 0 aromatic heterocycles. The van der Waals surface area contributed by atoms with E-state index in [-0.39, 0.29) is 23.8 Å². The average Bonchev–Trinajstić information content (AvgIpc) is 3.16. The van der Waals surface area contributed by atoms with E-state index < -0.39 is 0 Å². The van der Waals surface area contributed by atoms with Gasteiger partial charge in [0.05, 0.1) is 0 Å². The lowest BCUT2D eigenvalue weighted by atomic mass is 9.88. The summed E-state index contributed by atoms with van der Waals surface area (Å²) < 4.78 is 0. The van der Waals surface area contributed by atoms with Crippen molar-refractivity contribution >= 4 is 11.8 Å². The van der Waals surface area contributed by atoms with Crippen LogP contribution in [0, 0.1) is 11.8 Å². The average molecular weight is 364 g/mol. The van der Waals surface area contributed by atoms with E-state index in [9.17, 15) is 9.59 Å². The van der Waals surface area contributed by atoms with E-state index in [4.69, 9.17) is 0 Å². The van der Waals surface area contributed by atoms with Gasteiger partial charge in [-0.05, 0) is 57.9 Å². The maximum atomic E-state index is 12.9. The zero-order chi connectivity index (χ0) is 18.5. The lowest BCUT2D eigenvalue weighted by Crippen LogP contribution is -2.51. The summed E-state index contributed by atoms with van der Waals surface area (Å²) >= 11 is 0. The quantitative estimate of drug-likeness (QED) is 0.817. The van der Waals surface area contributed by atoms with E-state index >= 15 is 0 Å². The molecule has 3 aliphatic rings. The number of hydrogen-bond donors (Lipinski definition) is 1. The maximum Gasteiger partial charge on any atom is 0.242 e. The summed E-state index contributed by atoms with van der Waals surface area (Å²) in [7, 11) is 0. The van der Waals surface area contributed by atoms with E-state index in [0.717, 1.165) is 64.1 Å². The summed E-state index contributed by atoms with van der Waals surface area (Å²) in [4.78, 5) is 30.0. The molecule has 0 aromatic carbocycles. The molecule has 3 fully saturated rings. The molecule has 3 rings (SSSR count). The first kappa shape index (κ1) is 19.7. The molecular weight excluding hydrogens is 326 g/mol. The first-order valence-corrected chi connectivity index (χ1v) is 10.9. The molecule has 1 saturated carbocycles. The molecular formula is C21H37N3O2. The second-order valence-electron chi connectivity index (χ2n) is 8.86. The highest BCUT2D eigenvalue weighted by molar-refractivity contribution is 5.89. The van der Waals surface area contributed by atoms with Crippen LogP contribution in [0.2, 0.25) is 0 Å². The number of amides is 2. The monoisotopic (exact) mass is 363 g/mol. The number of rotatable bonds is 5. The molecule has 0 radical (unpaired) electrons. The molecule has 0 spiro atoms. The molecule has 3 unspecified atom stereocenters. The van der Waals surface area contributed by atoms with Gasteiger partial charge in [0.25, 0.3) is 0 Å². The zero-order valence-corrected chi connectivity index (χ0v) is 16.7. The number of carbonyl (C=O) groups is 2. The minimum absolute atomic E-state index is 0.0589. The van der Waals surface area contributed by atoms with Crippen molar-refractivity contribution in [2.24, 2.45) is 11.8 Å². The summed E-state index contributed by atoms with van der Waals surface area (Å²) in [5, 5.41) is 3.15. The molecule has 26 heavy (non-hydrogen) atoms. The molecule has 1 aliphatic carbocycles. The lowest BCUT2D eigenvalue weighted by Gasteiger charge is -2.36. The van der Waals surface area contributed by atoms with Crippen molar-refractivity contribution in [1.82, 2.24) is 15.1 Å². The Morgan fingerprint density at radius 3 is 2.46 bits per heavy atom. The second-order valence-corrected chi connectivity index (χ2v) is 8.86. The predicted octanol–water partition coefficient (Wildman–Crippen LogP) is 2.79. The molecule has 2 aliphatic heterocycles. The highest BCUT2D eigenvalue weighted by atomic mass is 16.2. The zero-order valence-electron chi connectivity index (χ0n) is 16.7. The van der Waals surface area contributed by atoms with Crippen LogP contribution in [0.15, 0.2) is 0 Å². The Hall–Kier alpha value is -1.10. The van der Waals surface area contributed by atoms with Crippen molar-refractivity contribution in [3.05, 3.63) is 0 Å². The van der Waals surface area contributed by atoms with Gasteiger partial charge in [0.15, 0.2) is 0 Å². The van der Waals surface area contributed by atoms with E-state index in [1.165, 1.54) is 19.3 Å². The van der Waals surface area contributed by atoms with Crippen LogP contribution in [0.3, 0.4) is 0 Å². The standard InChI is InChI=1S/C21H37N3O2/c1-16-8-6-12-23(15-16)17(2)14-22-20(25)19-11-7-13-24(19)21(26)18-9-4-3-5-10-18/h16-19H,3-15H2,1-2H3,(H,22,25). The number of hydrogen-bond acceptors (Lipinski definition) is 3. The number of piperidine rings is 1. The van der Waals surface area contributed by atoms with Crippen molar-refractivity contribution in [1.29, 1.82) is 0 Å². The highest BCUT2D eigenvalue weighted by Crippen LogP contribution is 2.29. The Morgan fingerprint density at radius 2 is 1.73 bits per heavy atom.